The average Bonchev–Trinajstić information content (AvgIpc) is 2.67. The number of rotatable bonds is 4. The molecule has 1 fully saturated rings. The molecule has 0 aliphatic carbocycles. The van der Waals surface area contributed by atoms with Gasteiger partial charge in [-0.2, -0.15) is 0 Å². The molecule has 120 valence electrons. The fraction of sp³-hybridized carbons (Fsp3) is 0.467. The summed E-state index contributed by atoms with van der Waals surface area (Å²) in [6.45, 7) is 2.43. The van der Waals surface area contributed by atoms with E-state index in [0.717, 1.165) is 18.5 Å². The van der Waals surface area contributed by atoms with Gasteiger partial charge in [0.2, 0.25) is 11.8 Å². The summed E-state index contributed by atoms with van der Waals surface area (Å²) in [7, 11) is 0. The highest BCUT2D eigenvalue weighted by Crippen LogP contribution is 2.25. The number of hydrogen-bond acceptors (Lipinski definition) is 3. The van der Waals surface area contributed by atoms with Crippen molar-refractivity contribution in [2.24, 2.45) is 0 Å². The minimum Gasteiger partial charge on any atom is -0.374 e. The normalized spacial score (nSPS) is 19.8. The first-order valence-corrected chi connectivity index (χ1v) is 8.00. The van der Waals surface area contributed by atoms with Gasteiger partial charge in [-0.15, -0.1) is 0 Å². The maximum absolute atomic E-state index is 12.2. The van der Waals surface area contributed by atoms with Gasteiger partial charge in [0.05, 0.1) is 10.0 Å². The Morgan fingerprint density at radius 1 is 1.36 bits per heavy atom. The molecule has 2 rings (SSSR count). The number of amides is 2. The third-order valence-electron chi connectivity index (χ3n) is 3.53. The summed E-state index contributed by atoms with van der Waals surface area (Å²) in [5.74, 6) is -0.168. The molecule has 3 N–H and O–H groups in total. The van der Waals surface area contributed by atoms with Crippen molar-refractivity contribution in [1.29, 1.82) is 0 Å². The zero-order valence-electron chi connectivity index (χ0n) is 12.3. The van der Waals surface area contributed by atoms with E-state index in [1.807, 2.05) is 0 Å². The summed E-state index contributed by atoms with van der Waals surface area (Å²) in [5.41, 5.74) is 0.718. The first kappa shape index (κ1) is 16.9. The number of anilines is 1. The Bertz CT molecular complexity index is 566. The van der Waals surface area contributed by atoms with E-state index < -0.39 is 6.04 Å². The monoisotopic (exact) mass is 343 g/mol. The minimum atomic E-state index is -0.441. The maximum atomic E-state index is 12.2. The van der Waals surface area contributed by atoms with Crippen LogP contribution in [0.5, 0.6) is 0 Å². The molecular weight excluding hydrogens is 325 g/mol. The van der Waals surface area contributed by atoms with Gasteiger partial charge in [0.1, 0.15) is 6.04 Å². The Hall–Kier alpha value is -1.46. The molecule has 1 aliphatic heterocycles. The van der Waals surface area contributed by atoms with Crippen molar-refractivity contribution in [2.75, 3.05) is 11.9 Å². The van der Waals surface area contributed by atoms with Crippen molar-refractivity contribution in [3.8, 4) is 0 Å². The molecule has 2 unspecified atom stereocenters. The molecule has 1 saturated heterocycles. The SMILES string of the molecule is CC(Nc1ccc(Cl)c(Cl)c1)C(=O)NC1CCCNC(=O)C1. The molecule has 0 saturated carbocycles. The summed E-state index contributed by atoms with van der Waals surface area (Å²) in [5, 5.41) is 9.68. The molecule has 0 aromatic heterocycles. The van der Waals surface area contributed by atoms with Crippen molar-refractivity contribution in [3.63, 3.8) is 0 Å². The molecule has 2 atom stereocenters. The summed E-state index contributed by atoms with van der Waals surface area (Å²) >= 11 is 11.8. The zero-order valence-corrected chi connectivity index (χ0v) is 13.8. The number of carbonyl (C=O) groups excluding carboxylic acids is 2. The lowest BCUT2D eigenvalue weighted by atomic mass is 10.1. The van der Waals surface area contributed by atoms with Crippen molar-refractivity contribution in [1.82, 2.24) is 10.6 Å². The van der Waals surface area contributed by atoms with E-state index in [9.17, 15) is 9.59 Å². The van der Waals surface area contributed by atoms with Crippen LogP contribution in [0, 0.1) is 0 Å². The number of nitrogens with one attached hydrogen (secondary N) is 3. The zero-order chi connectivity index (χ0) is 16.1. The van der Waals surface area contributed by atoms with Crippen molar-refractivity contribution in [3.05, 3.63) is 28.2 Å². The molecule has 7 heteroatoms. The van der Waals surface area contributed by atoms with Crippen LogP contribution in [0.3, 0.4) is 0 Å². The quantitative estimate of drug-likeness (QED) is 0.786. The highest BCUT2D eigenvalue weighted by Gasteiger charge is 2.21. The van der Waals surface area contributed by atoms with Gasteiger partial charge in [0.25, 0.3) is 0 Å². The molecular formula is C15H19Cl2N3O2. The lowest BCUT2D eigenvalue weighted by molar-refractivity contribution is -0.123. The summed E-state index contributed by atoms with van der Waals surface area (Å²) in [6.07, 6.45) is 1.99. The molecule has 0 spiro atoms. The fourth-order valence-electron chi connectivity index (χ4n) is 2.33. The number of halogens is 2. The van der Waals surface area contributed by atoms with Crippen LogP contribution in [-0.2, 0) is 9.59 Å². The van der Waals surface area contributed by atoms with Crippen LogP contribution in [0.2, 0.25) is 10.0 Å². The van der Waals surface area contributed by atoms with Gasteiger partial charge >= 0.3 is 0 Å². The van der Waals surface area contributed by atoms with E-state index in [2.05, 4.69) is 16.0 Å². The Balaban J connectivity index is 1.90. The lowest BCUT2D eigenvalue weighted by Gasteiger charge is -2.20. The first-order valence-electron chi connectivity index (χ1n) is 7.24. The second kappa shape index (κ2) is 7.70. The third-order valence-corrected chi connectivity index (χ3v) is 4.26. The molecule has 0 radical (unpaired) electrons. The second-order valence-corrected chi connectivity index (χ2v) is 6.21. The first-order chi connectivity index (χ1) is 10.5. The van der Waals surface area contributed by atoms with Gasteiger partial charge in [-0.05, 0) is 38.0 Å². The minimum absolute atomic E-state index is 0.0205. The predicted molar refractivity (Wildman–Crippen MR) is 88.3 cm³/mol. The average molecular weight is 344 g/mol. The highest BCUT2D eigenvalue weighted by atomic mass is 35.5. The van der Waals surface area contributed by atoms with Gasteiger partial charge in [0.15, 0.2) is 0 Å². The van der Waals surface area contributed by atoms with Crippen LogP contribution in [0.25, 0.3) is 0 Å². The van der Waals surface area contributed by atoms with Crippen LogP contribution in [0.1, 0.15) is 26.2 Å². The molecule has 1 aromatic rings. The Morgan fingerprint density at radius 3 is 2.86 bits per heavy atom. The van der Waals surface area contributed by atoms with Crippen LogP contribution >= 0.6 is 23.2 Å². The molecule has 5 nitrogen and oxygen atoms in total. The lowest BCUT2D eigenvalue weighted by Crippen LogP contribution is -2.44. The van der Waals surface area contributed by atoms with E-state index >= 15 is 0 Å². The Morgan fingerprint density at radius 2 is 2.14 bits per heavy atom. The van der Waals surface area contributed by atoms with E-state index in [1.54, 1.807) is 25.1 Å². The summed E-state index contributed by atoms with van der Waals surface area (Å²) in [6, 6.07) is 4.55. The van der Waals surface area contributed by atoms with Crippen LogP contribution in [0.4, 0.5) is 5.69 Å². The van der Waals surface area contributed by atoms with Crippen molar-refractivity contribution >= 4 is 40.7 Å². The third kappa shape index (κ3) is 4.78. The molecule has 1 aliphatic rings. The molecule has 2 amide bonds. The maximum Gasteiger partial charge on any atom is 0.242 e. The van der Waals surface area contributed by atoms with Gasteiger partial charge in [0, 0.05) is 24.7 Å². The largest absolute Gasteiger partial charge is 0.374 e. The number of carbonyl (C=O) groups is 2. The van der Waals surface area contributed by atoms with E-state index in [0.29, 0.717) is 23.0 Å². The molecule has 0 bridgehead atoms. The second-order valence-electron chi connectivity index (χ2n) is 5.40. The summed E-state index contributed by atoms with van der Waals surface area (Å²) in [4.78, 5) is 23.7. The summed E-state index contributed by atoms with van der Waals surface area (Å²) < 4.78 is 0. The van der Waals surface area contributed by atoms with Crippen LogP contribution < -0.4 is 16.0 Å². The Labute approximate surface area is 139 Å². The predicted octanol–water partition coefficient (Wildman–Crippen LogP) is 2.58. The number of hydrogen-bond donors (Lipinski definition) is 3. The topological polar surface area (TPSA) is 70.2 Å². The molecule has 1 heterocycles. The van der Waals surface area contributed by atoms with Crippen LogP contribution in [-0.4, -0.2) is 30.4 Å². The van der Waals surface area contributed by atoms with Crippen LogP contribution in [0.15, 0.2) is 18.2 Å². The van der Waals surface area contributed by atoms with Gasteiger partial charge in [-0.3, -0.25) is 9.59 Å². The van der Waals surface area contributed by atoms with Gasteiger partial charge < -0.3 is 16.0 Å². The van der Waals surface area contributed by atoms with Gasteiger partial charge in [-0.1, -0.05) is 23.2 Å². The van der Waals surface area contributed by atoms with E-state index in [1.165, 1.54) is 0 Å². The van der Waals surface area contributed by atoms with E-state index in [4.69, 9.17) is 23.2 Å². The standard InChI is InChI=1S/C15H19Cl2N3O2/c1-9(19-11-4-5-12(16)13(17)7-11)15(22)20-10-3-2-6-18-14(21)8-10/h4-5,7,9-10,19H,2-3,6,8H2,1H3,(H,18,21)(H,20,22). The Kier molecular flexibility index (Phi) is 5.91. The molecule has 22 heavy (non-hydrogen) atoms. The van der Waals surface area contributed by atoms with Crippen molar-refractivity contribution in [2.45, 2.75) is 38.3 Å². The number of benzene rings is 1. The highest BCUT2D eigenvalue weighted by molar-refractivity contribution is 6.42. The van der Waals surface area contributed by atoms with E-state index in [-0.39, 0.29) is 17.9 Å². The molecule has 1 aromatic carbocycles. The van der Waals surface area contributed by atoms with Gasteiger partial charge in [-0.25, -0.2) is 0 Å². The smallest absolute Gasteiger partial charge is 0.242 e. The van der Waals surface area contributed by atoms with Crippen molar-refractivity contribution < 1.29 is 9.59 Å². The fourth-order valence-corrected chi connectivity index (χ4v) is 2.62.